The van der Waals surface area contributed by atoms with Crippen LogP contribution in [0.25, 0.3) is 89.2 Å². The predicted molar refractivity (Wildman–Crippen MR) is 176 cm³/mol. The molecule has 0 spiro atoms. The maximum atomic E-state index is 6.18. The molecule has 0 saturated carbocycles. The van der Waals surface area contributed by atoms with Crippen LogP contribution in [0.15, 0.2) is 148 Å². The van der Waals surface area contributed by atoms with Crippen molar-refractivity contribution in [3.8, 4) is 45.3 Å². The standard InChI is InChI=1S/C39H23N3O2/c1-2-10-24(11-3-1)37-40-38(42-39(41-37)31-16-9-19-34-36(31)30-15-5-7-18-33(30)43-34)27-13-8-12-25(22-27)26-20-21-29-28-14-4-6-17-32(28)44-35(29)23-26/h1-23H. The van der Waals surface area contributed by atoms with E-state index in [1.807, 2.05) is 91.0 Å². The summed E-state index contributed by atoms with van der Waals surface area (Å²) < 4.78 is 12.4. The van der Waals surface area contributed by atoms with Gasteiger partial charge in [0.05, 0.1) is 0 Å². The minimum Gasteiger partial charge on any atom is -0.456 e. The molecule has 3 heterocycles. The lowest BCUT2D eigenvalue weighted by atomic mass is 10.0. The van der Waals surface area contributed by atoms with Crippen LogP contribution in [0.5, 0.6) is 0 Å². The molecular weight excluding hydrogens is 542 g/mol. The zero-order valence-corrected chi connectivity index (χ0v) is 23.4. The lowest BCUT2D eigenvalue weighted by Gasteiger charge is -2.10. The van der Waals surface area contributed by atoms with E-state index in [1.54, 1.807) is 0 Å². The van der Waals surface area contributed by atoms with Crippen molar-refractivity contribution in [3.05, 3.63) is 140 Å². The van der Waals surface area contributed by atoms with Gasteiger partial charge in [-0.25, -0.2) is 15.0 Å². The van der Waals surface area contributed by atoms with Gasteiger partial charge >= 0.3 is 0 Å². The summed E-state index contributed by atoms with van der Waals surface area (Å²) in [5, 5.41) is 4.25. The van der Waals surface area contributed by atoms with Crippen LogP contribution in [0.1, 0.15) is 0 Å². The summed E-state index contributed by atoms with van der Waals surface area (Å²) in [6.07, 6.45) is 0. The monoisotopic (exact) mass is 565 g/mol. The van der Waals surface area contributed by atoms with Crippen molar-refractivity contribution in [1.82, 2.24) is 15.0 Å². The van der Waals surface area contributed by atoms with Crippen LogP contribution in [0, 0.1) is 0 Å². The number of nitrogens with zero attached hydrogens (tertiary/aromatic N) is 3. The number of hydrogen-bond acceptors (Lipinski definition) is 5. The Hall–Kier alpha value is -6.07. The molecule has 0 saturated heterocycles. The Morgan fingerprint density at radius 2 is 0.909 bits per heavy atom. The molecule has 0 fully saturated rings. The Kier molecular flexibility index (Phi) is 5.43. The molecule has 3 aromatic heterocycles. The molecule has 9 aromatic rings. The van der Waals surface area contributed by atoms with E-state index in [4.69, 9.17) is 23.8 Å². The number of fused-ring (bicyclic) bond motifs is 6. The maximum Gasteiger partial charge on any atom is 0.164 e. The van der Waals surface area contributed by atoms with Crippen LogP contribution >= 0.6 is 0 Å². The fourth-order valence-electron chi connectivity index (χ4n) is 6.05. The summed E-state index contributed by atoms with van der Waals surface area (Å²) >= 11 is 0. The van der Waals surface area contributed by atoms with Crippen molar-refractivity contribution in [3.63, 3.8) is 0 Å². The Labute approximate surface area is 252 Å². The molecule has 0 unspecified atom stereocenters. The van der Waals surface area contributed by atoms with Gasteiger partial charge in [-0.3, -0.25) is 0 Å². The predicted octanol–water partition coefficient (Wildman–Crippen LogP) is 10.3. The SMILES string of the molecule is c1ccc(-c2nc(-c3cccc(-c4ccc5c(c4)oc4ccccc45)c3)nc(-c3cccc4oc5ccccc5c34)n2)cc1. The quantitative estimate of drug-likeness (QED) is 0.212. The first-order valence-corrected chi connectivity index (χ1v) is 14.5. The van der Waals surface area contributed by atoms with Gasteiger partial charge in [0.1, 0.15) is 22.3 Å². The second kappa shape index (κ2) is 9.75. The first-order valence-electron chi connectivity index (χ1n) is 14.5. The van der Waals surface area contributed by atoms with E-state index >= 15 is 0 Å². The fraction of sp³-hybridized carbons (Fsp3) is 0. The summed E-state index contributed by atoms with van der Waals surface area (Å²) in [7, 11) is 0. The summed E-state index contributed by atoms with van der Waals surface area (Å²) in [5.74, 6) is 1.81. The highest BCUT2D eigenvalue weighted by Crippen LogP contribution is 2.37. The maximum absolute atomic E-state index is 6.18. The van der Waals surface area contributed by atoms with E-state index in [1.165, 1.54) is 0 Å². The minimum atomic E-state index is 0.597. The van der Waals surface area contributed by atoms with Gasteiger partial charge in [0.2, 0.25) is 0 Å². The molecule has 0 amide bonds. The molecule has 0 bridgehead atoms. The van der Waals surface area contributed by atoms with Crippen LogP contribution in [-0.4, -0.2) is 15.0 Å². The van der Waals surface area contributed by atoms with Gasteiger partial charge in [0.15, 0.2) is 17.5 Å². The Balaban J connectivity index is 1.22. The van der Waals surface area contributed by atoms with Gasteiger partial charge in [-0.05, 0) is 47.5 Å². The van der Waals surface area contributed by atoms with Gasteiger partial charge in [0.25, 0.3) is 0 Å². The topological polar surface area (TPSA) is 65.0 Å². The third kappa shape index (κ3) is 3.98. The average molecular weight is 566 g/mol. The van der Waals surface area contributed by atoms with Crippen molar-refractivity contribution in [2.75, 3.05) is 0 Å². The first-order chi connectivity index (χ1) is 21.8. The van der Waals surface area contributed by atoms with Crippen LogP contribution in [-0.2, 0) is 0 Å². The normalized spacial score (nSPS) is 11.6. The summed E-state index contributed by atoms with van der Waals surface area (Å²) in [5.41, 5.74) is 8.23. The van der Waals surface area contributed by atoms with E-state index in [0.29, 0.717) is 17.5 Å². The Bertz CT molecular complexity index is 2510. The fourth-order valence-corrected chi connectivity index (χ4v) is 6.05. The molecule has 206 valence electrons. The second-order valence-electron chi connectivity index (χ2n) is 10.8. The van der Waals surface area contributed by atoms with Crippen LogP contribution < -0.4 is 0 Å². The summed E-state index contributed by atoms with van der Waals surface area (Å²) in [6, 6.07) is 47.0. The highest BCUT2D eigenvalue weighted by Gasteiger charge is 2.18. The molecule has 0 aliphatic rings. The van der Waals surface area contributed by atoms with Gasteiger partial charge < -0.3 is 8.83 Å². The average Bonchev–Trinajstić information content (AvgIpc) is 3.66. The largest absolute Gasteiger partial charge is 0.456 e. The van der Waals surface area contributed by atoms with E-state index in [9.17, 15) is 0 Å². The molecule has 0 aliphatic heterocycles. The molecular formula is C39H23N3O2. The number of benzene rings is 6. The van der Waals surface area contributed by atoms with Crippen LogP contribution in [0.4, 0.5) is 0 Å². The lowest BCUT2D eigenvalue weighted by Crippen LogP contribution is -2.00. The summed E-state index contributed by atoms with van der Waals surface area (Å²) in [4.78, 5) is 15.0. The van der Waals surface area contributed by atoms with Crippen molar-refractivity contribution >= 4 is 43.9 Å². The molecule has 9 rings (SSSR count). The van der Waals surface area contributed by atoms with Gasteiger partial charge in [-0.15, -0.1) is 0 Å². The van der Waals surface area contributed by atoms with Crippen molar-refractivity contribution < 1.29 is 8.83 Å². The van der Waals surface area contributed by atoms with Crippen molar-refractivity contribution in [2.24, 2.45) is 0 Å². The van der Waals surface area contributed by atoms with E-state index in [2.05, 4.69) is 48.5 Å². The molecule has 6 aromatic carbocycles. The third-order valence-electron chi connectivity index (χ3n) is 8.14. The highest BCUT2D eigenvalue weighted by molar-refractivity contribution is 6.11. The smallest absolute Gasteiger partial charge is 0.164 e. The van der Waals surface area contributed by atoms with E-state index in [-0.39, 0.29) is 0 Å². The van der Waals surface area contributed by atoms with Gasteiger partial charge in [0, 0.05) is 38.2 Å². The van der Waals surface area contributed by atoms with Gasteiger partial charge in [-0.2, -0.15) is 0 Å². The Morgan fingerprint density at radius 3 is 1.77 bits per heavy atom. The zero-order chi connectivity index (χ0) is 29.0. The zero-order valence-electron chi connectivity index (χ0n) is 23.4. The molecule has 0 radical (unpaired) electrons. The molecule has 0 N–H and O–H groups in total. The van der Waals surface area contributed by atoms with Crippen molar-refractivity contribution in [2.45, 2.75) is 0 Å². The van der Waals surface area contributed by atoms with E-state index in [0.717, 1.165) is 71.7 Å². The lowest BCUT2D eigenvalue weighted by molar-refractivity contribution is 0.668. The van der Waals surface area contributed by atoms with Crippen LogP contribution in [0.2, 0.25) is 0 Å². The number of rotatable bonds is 4. The summed E-state index contributed by atoms with van der Waals surface area (Å²) in [6.45, 7) is 0. The molecule has 0 aliphatic carbocycles. The first kappa shape index (κ1) is 24.5. The minimum absolute atomic E-state index is 0.597. The van der Waals surface area contributed by atoms with Gasteiger partial charge in [-0.1, -0.05) is 103 Å². The molecule has 5 nitrogen and oxygen atoms in total. The van der Waals surface area contributed by atoms with Crippen LogP contribution in [0.3, 0.4) is 0 Å². The van der Waals surface area contributed by atoms with E-state index < -0.39 is 0 Å². The second-order valence-corrected chi connectivity index (χ2v) is 10.8. The third-order valence-corrected chi connectivity index (χ3v) is 8.14. The molecule has 0 atom stereocenters. The highest BCUT2D eigenvalue weighted by atomic mass is 16.3. The number of furan rings is 2. The Morgan fingerprint density at radius 1 is 0.341 bits per heavy atom. The molecule has 5 heteroatoms. The number of hydrogen-bond donors (Lipinski definition) is 0. The number of aromatic nitrogens is 3. The van der Waals surface area contributed by atoms with Crippen molar-refractivity contribution in [1.29, 1.82) is 0 Å². The molecule has 44 heavy (non-hydrogen) atoms. The number of para-hydroxylation sites is 2.